The Morgan fingerprint density at radius 1 is 1.29 bits per heavy atom. The lowest BCUT2D eigenvalue weighted by molar-refractivity contribution is -0.0263. The van der Waals surface area contributed by atoms with E-state index in [0.717, 1.165) is 6.07 Å². The van der Waals surface area contributed by atoms with Crippen LogP contribution in [-0.4, -0.2) is 58.2 Å². The molecule has 0 aromatic carbocycles. The molecule has 1 fully saturated rings. The third kappa shape index (κ3) is 6.51. The van der Waals surface area contributed by atoms with E-state index in [1.165, 1.54) is 12.3 Å². The number of nitrogens with one attached hydrogen (secondary N) is 2. The smallest absolute Gasteiger partial charge is 0.407 e. The van der Waals surface area contributed by atoms with Gasteiger partial charge in [-0.1, -0.05) is 0 Å². The van der Waals surface area contributed by atoms with Gasteiger partial charge in [0.1, 0.15) is 28.1 Å². The van der Waals surface area contributed by atoms with Crippen molar-refractivity contribution in [2.75, 3.05) is 19.0 Å². The number of carbonyl (C=O) groups is 2. The van der Waals surface area contributed by atoms with Crippen molar-refractivity contribution < 1.29 is 28.2 Å². The molecule has 0 spiro atoms. The zero-order chi connectivity index (χ0) is 25.0. The molecule has 0 saturated carbocycles. The Morgan fingerprint density at radius 2 is 2.03 bits per heavy atom. The lowest BCUT2D eigenvalue weighted by Gasteiger charge is -2.26. The van der Waals surface area contributed by atoms with Crippen LogP contribution in [0.15, 0.2) is 22.9 Å². The van der Waals surface area contributed by atoms with Crippen molar-refractivity contribution in [1.29, 1.82) is 0 Å². The highest BCUT2D eigenvalue weighted by Crippen LogP contribution is 2.33. The molecule has 2 aromatic heterocycles. The van der Waals surface area contributed by atoms with E-state index >= 15 is 0 Å². The number of alkyl carbamates (subject to hydrolysis) is 1. The van der Waals surface area contributed by atoms with Gasteiger partial charge < -0.3 is 24.8 Å². The molecule has 34 heavy (non-hydrogen) atoms. The Balaban J connectivity index is 1.74. The van der Waals surface area contributed by atoms with Gasteiger partial charge in [0.05, 0.1) is 30.2 Å². The minimum atomic E-state index is -0.618. The zero-order valence-electron chi connectivity index (χ0n) is 19.7. The molecule has 0 radical (unpaired) electrons. The molecule has 2 amide bonds. The summed E-state index contributed by atoms with van der Waals surface area (Å²) in [6.45, 7) is 5.60. The van der Waals surface area contributed by atoms with Crippen LogP contribution in [0.25, 0.3) is 0 Å². The van der Waals surface area contributed by atoms with E-state index in [0.29, 0.717) is 24.2 Å². The second kappa shape index (κ2) is 10.8. The van der Waals surface area contributed by atoms with Gasteiger partial charge in [-0.2, -0.15) is 5.10 Å². The first-order valence-corrected chi connectivity index (χ1v) is 11.6. The van der Waals surface area contributed by atoms with Gasteiger partial charge in [0, 0.05) is 14.2 Å². The van der Waals surface area contributed by atoms with Crippen LogP contribution in [0.4, 0.5) is 14.9 Å². The van der Waals surface area contributed by atoms with Gasteiger partial charge in [0.2, 0.25) is 0 Å². The first-order chi connectivity index (χ1) is 16.0. The summed E-state index contributed by atoms with van der Waals surface area (Å²) in [5.41, 5.74) is 0.535. The fraction of sp³-hybridized carbons (Fsp3) is 0.545. The van der Waals surface area contributed by atoms with Crippen LogP contribution in [0.1, 0.15) is 55.9 Å². The van der Waals surface area contributed by atoms with Crippen LogP contribution in [0, 0.1) is 5.82 Å². The lowest BCUT2D eigenvalue weighted by atomic mass is 10.0. The summed E-state index contributed by atoms with van der Waals surface area (Å²) in [4.78, 5) is 28.9. The molecule has 10 nitrogen and oxygen atoms in total. The summed E-state index contributed by atoms with van der Waals surface area (Å²) < 4.78 is 32.1. The van der Waals surface area contributed by atoms with Crippen molar-refractivity contribution in [3.05, 3.63) is 40.1 Å². The molecule has 186 valence electrons. The number of hydrogen-bond donors (Lipinski definition) is 2. The molecule has 2 aromatic rings. The van der Waals surface area contributed by atoms with Gasteiger partial charge in [-0.3, -0.25) is 9.48 Å². The Morgan fingerprint density at radius 3 is 2.68 bits per heavy atom. The van der Waals surface area contributed by atoms with Gasteiger partial charge in [-0.15, -0.1) is 0 Å². The minimum absolute atomic E-state index is 0.0472. The average Bonchev–Trinajstić information content (AvgIpc) is 2.98. The zero-order valence-corrected chi connectivity index (χ0v) is 21.3. The third-order valence-corrected chi connectivity index (χ3v) is 5.78. The quantitative estimate of drug-likeness (QED) is 0.554. The maximum absolute atomic E-state index is 13.5. The number of halogens is 2. The standard InChI is InChI=1S/C22H29BrFN5O5/c1-22(2,3)34-21(31)28-13-8-9-16(33-11-17(13)32-5)18-15(10-25-29(18)4)27-20(30)14-7-6-12(24)19(23)26-14/h6-7,10,13,16-17H,8-9,11H2,1-5H3,(H,27,30)(H,28,31)/t13-,16+,17+/m1/s1. The number of pyridine rings is 1. The number of anilines is 1. The summed E-state index contributed by atoms with van der Waals surface area (Å²) in [6.07, 6.45) is 1.27. The number of amides is 2. The van der Waals surface area contributed by atoms with Gasteiger partial charge >= 0.3 is 6.09 Å². The minimum Gasteiger partial charge on any atom is -0.444 e. The number of nitrogens with zero attached hydrogens (tertiary/aromatic N) is 3. The normalized spacial score (nSPS) is 21.0. The van der Waals surface area contributed by atoms with Gasteiger partial charge in [0.25, 0.3) is 5.91 Å². The molecule has 0 bridgehead atoms. The van der Waals surface area contributed by atoms with Crippen LogP contribution >= 0.6 is 15.9 Å². The molecular weight excluding hydrogens is 513 g/mol. The van der Waals surface area contributed by atoms with Crippen LogP contribution < -0.4 is 10.6 Å². The molecule has 3 atom stereocenters. The number of methoxy groups -OCH3 is 1. The molecule has 1 saturated heterocycles. The first kappa shape index (κ1) is 26.0. The average molecular weight is 542 g/mol. The summed E-state index contributed by atoms with van der Waals surface area (Å²) in [5, 5.41) is 9.91. The van der Waals surface area contributed by atoms with Gasteiger partial charge in [-0.05, 0) is 61.7 Å². The monoisotopic (exact) mass is 541 g/mol. The maximum Gasteiger partial charge on any atom is 0.407 e. The number of aryl methyl sites for hydroxylation is 1. The number of aromatic nitrogens is 3. The van der Waals surface area contributed by atoms with Crippen molar-refractivity contribution in [3.63, 3.8) is 0 Å². The van der Waals surface area contributed by atoms with Crippen molar-refractivity contribution in [2.24, 2.45) is 7.05 Å². The number of rotatable bonds is 5. The lowest BCUT2D eigenvalue weighted by Crippen LogP contribution is -2.46. The highest BCUT2D eigenvalue weighted by Gasteiger charge is 2.33. The molecule has 3 rings (SSSR count). The van der Waals surface area contributed by atoms with Gasteiger partial charge in [-0.25, -0.2) is 14.2 Å². The summed E-state index contributed by atoms with van der Waals surface area (Å²) in [5.74, 6) is -1.07. The van der Waals surface area contributed by atoms with E-state index in [-0.39, 0.29) is 29.0 Å². The predicted octanol–water partition coefficient (Wildman–Crippen LogP) is 3.73. The van der Waals surface area contributed by atoms with Crippen LogP contribution in [0.2, 0.25) is 0 Å². The Bertz CT molecular complexity index is 1040. The molecule has 1 aliphatic rings. The van der Waals surface area contributed by atoms with Crippen LogP contribution in [0.5, 0.6) is 0 Å². The molecule has 3 heterocycles. The number of ether oxygens (including phenoxy) is 3. The molecule has 1 aliphatic heterocycles. The number of hydrogen-bond acceptors (Lipinski definition) is 7. The highest BCUT2D eigenvalue weighted by molar-refractivity contribution is 9.10. The fourth-order valence-corrected chi connectivity index (χ4v) is 3.98. The fourth-order valence-electron chi connectivity index (χ4n) is 3.65. The predicted molar refractivity (Wildman–Crippen MR) is 125 cm³/mol. The second-order valence-corrected chi connectivity index (χ2v) is 9.67. The second-order valence-electron chi connectivity index (χ2n) is 8.92. The number of carbonyl (C=O) groups excluding carboxylic acids is 2. The van der Waals surface area contributed by atoms with Crippen molar-refractivity contribution in [3.8, 4) is 0 Å². The third-order valence-electron chi connectivity index (χ3n) is 5.23. The molecular formula is C22H29BrFN5O5. The first-order valence-electron chi connectivity index (χ1n) is 10.8. The maximum atomic E-state index is 13.5. The Labute approximate surface area is 205 Å². The van der Waals surface area contributed by atoms with E-state index in [1.807, 2.05) is 0 Å². The van der Waals surface area contributed by atoms with E-state index in [9.17, 15) is 14.0 Å². The molecule has 0 unspecified atom stereocenters. The summed E-state index contributed by atoms with van der Waals surface area (Å²) >= 11 is 2.99. The van der Waals surface area contributed by atoms with E-state index < -0.39 is 29.5 Å². The van der Waals surface area contributed by atoms with Crippen molar-refractivity contribution in [2.45, 2.75) is 57.5 Å². The molecule has 0 aliphatic carbocycles. The van der Waals surface area contributed by atoms with Gasteiger partial charge in [0.15, 0.2) is 5.82 Å². The van der Waals surface area contributed by atoms with E-state index in [4.69, 9.17) is 14.2 Å². The Hall–Kier alpha value is -2.57. The highest BCUT2D eigenvalue weighted by atomic mass is 79.9. The molecule has 2 N–H and O–H groups in total. The SMILES string of the molecule is CO[C@H]1CO[C@H](c2c(NC(=O)c3ccc(F)c(Br)n3)cnn2C)CC[C@H]1NC(=O)OC(C)(C)C. The Kier molecular flexibility index (Phi) is 8.26. The topological polar surface area (TPSA) is 117 Å². The van der Waals surface area contributed by atoms with Crippen LogP contribution in [-0.2, 0) is 21.3 Å². The summed E-state index contributed by atoms with van der Waals surface area (Å²) in [7, 11) is 3.30. The van der Waals surface area contributed by atoms with Crippen molar-refractivity contribution >= 4 is 33.6 Å². The van der Waals surface area contributed by atoms with Crippen LogP contribution in [0.3, 0.4) is 0 Å². The largest absolute Gasteiger partial charge is 0.444 e. The molecule has 12 heteroatoms. The van der Waals surface area contributed by atoms with Crippen molar-refractivity contribution in [1.82, 2.24) is 20.1 Å². The summed E-state index contributed by atoms with van der Waals surface area (Å²) in [6, 6.07) is 2.13. The van der Waals surface area contributed by atoms with E-state index in [2.05, 4.69) is 36.6 Å². The van der Waals surface area contributed by atoms with E-state index in [1.54, 1.807) is 39.6 Å².